The van der Waals surface area contributed by atoms with E-state index in [2.05, 4.69) is 59.4 Å². The van der Waals surface area contributed by atoms with Gasteiger partial charge in [0, 0.05) is 25.4 Å². The number of hydrogen-bond acceptors (Lipinski definition) is 3. The number of hydrogen-bond donors (Lipinski definition) is 0. The summed E-state index contributed by atoms with van der Waals surface area (Å²) in [7, 11) is 0. The van der Waals surface area contributed by atoms with Gasteiger partial charge in [0.25, 0.3) is 0 Å². The highest BCUT2D eigenvalue weighted by atomic mass is 16.5. The first-order valence-corrected chi connectivity index (χ1v) is 16.8. The van der Waals surface area contributed by atoms with Gasteiger partial charge < -0.3 is 9.64 Å². The molecule has 1 heterocycles. The van der Waals surface area contributed by atoms with Crippen molar-refractivity contribution in [2.75, 3.05) is 13.1 Å². The molecule has 8 atom stereocenters. The van der Waals surface area contributed by atoms with Gasteiger partial charge in [0.15, 0.2) is 0 Å². The minimum absolute atomic E-state index is 0.0117. The van der Waals surface area contributed by atoms with Gasteiger partial charge in [0.05, 0.1) is 5.41 Å². The Morgan fingerprint density at radius 2 is 1.52 bits per heavy atom. The van der Waals surface area contributed by atoms with Crippen molar-refractivity contribution in [2.24, 2.45) is 50.2 Å². The number of carbonyl (C=O) groups is 2. The van der Waals surface area contributed by atoms with Gasteiger partial charge in [-0.1, -0.05) is 60.1 Å². The molecular formula is C36H57NO3. The van der Waals surface area contributed by atoms with Gasteiger partial charge in [-0.3, -0.25) is 9.59 Å². The Balaban J connectivity index is 1.38. The second-order valence-corrected chi connectivity index (χ2v) is 17.3. The largest absolute Gasteiger partial charge is 0.462 e. The topological polar surface area (TPSA) is 46.6 Å². The third-order valence-corrected chi connectivity index (χ3v) is 14.7. The number of amides is 1. The van der Waals surface area contributed by atoms with Crippen molar-refractivity contribution < 1.29 is 14.3 Å². The summed E-state index contributed by atoms with van der Waals surface area (Å²) in [6.07, 6.45) is 16.4. The van der Waals surface area contributed by atoms with Crippen LogP contribution in [0.5, 0.6) is 0 Å². The van der Waals surface area contributed by atoms with Crippen LogP contribution in [0.2, 0.25) is 0 Å². The molecule has 4 saturated carbocycles. The number of esters is 1. The fourth-order valence-electron chi connectivity index (χ4n) is 12.2. The number of nitrogens with zero attached hydrogens (tertiary/aromatic N) is 1. The third kappa shape index (κ3) is 3.81. The predicted octanol–water partition coefficient (Wildman–Crippen LogP) is 8.34. The maximum absolute atomic E-state index is 14.4. The van der Waals surface area contributed by atoms with E-state index in [4.69, 9.17) is 4.74 Å². The van der Waals surface area contributed by atoms with Gasteiger partial charge in [-0.05, 0) is 116 Å². The maximum atomic E-state index is 14.4. The van der Waals surface area contributed by atoms with Crippen LogP contribution in [-0.4, -0.2) is 36.0 Å². The van der Waals surface area contributed by atoms with E-state index in [9.17, 15) is 9.59 Å². The Morgan fingerprint density at radius 3 is 2.20 bits per heavy atom. The molecule has 6 aliphatic rings. The van der Waals surface area contributed by atoms with E-state index in [0.717, 1.165) is 58.0 Å². The van der Waals surface area contributed by atoms with E-state index in [-0.39, 0.29) is 39.1 Å². The Labute approximate surface area is 244 Å². The Kier molecular flexibility index (Phi) is 6.54. The normalized spacial score (nSPS) is 47.2. The quantitative estimate of drug-likeness (QED) is 0.256. The van der Waals surface area contributed by atoms with E-state index in [0.29, 0.717) is 29.1 Å². The molecule has 0 aromatic heterocycles. The fourth-order valence-corrected chi connectivity index (χ4v) is 12.2. The number of fused-ring (bicyclic) bond motifs is 7. The minimum Gasteiger partial charge on any atom is -0.462 e. The molecule has 40 heavy (non-hydrogen) atoms. The molecule has 224 valence electrons. The molecule has 0 aromatic carbocycles. The number of rotatable bonds is 2. The van der Waals surface area contributed by atoms with Crippen molar-refractivity contribution in [3.8, 4) is 0 Å². The first-order valence-electron chi connectivity index (χ1n) is 16.8. The summed E-state index contributed by atoms with van der Waals surface area (Å²) in [6, 6.07) is 0. The summed E-state index contributed by atoms with van der Waals surface area (Å²) in [5, 5.41) is 0. The molecule has 5 fully saturated rings. The molecule has 4 heteroatoms. The average molecular weight is 552 g/mol. The monoisotopic (exact) mass is 551 g/mol. The molecule has 0 spiro atoms. The molecular weight excluding hydrogens is 494 g/mol. The molecule has 0 N–H and O–H groups in total. The zero-order valence-corrected chi connectivity index (χ0v) is 27.0. The van der Waals surface area contributed by atoms with E-state index in [1.165, 1.54) is 32.1 Å². The van der Waals surface area contributed by atoms with Crippen LogP contribution >= 0.6 is 0 Å². The summed E-state index contributed by atoms with van der Waals surface area (Å²) in [6.45, 7) is 21.0. The van der Waals surface area contributed by atoms with E-state index >= 15 is 0 Å². The lowest BCUT2D eigenvalue weighted by atomic mass is 9.33. The van der Waals surface area contributed by atoms with Crippen LogP contribution in [-0.2, 0) is 14.3 Å². The lowest BCUT2D eigenvalue weighted by Gasteiger charge is -2.71. The van der Waals surface area contributed by atoms with Gasteiger partial charge in [-0.2, -0.15) is 0 Å². The SMILES string of the molecule is CC(=O)O[C@H]1CC[C@@]2(C)C(CC[C@]3(C)C2CC=C2C4CC(C)(C)CC[C@]4(C(=O)N4CCCC4)CC[C@]23C)C1(C)C. The van der Waals surface area contributed by atoms with E-state index in [1.807, 2.05) is 0 Å². The van der Waals surface area contributed by atoms with Gasteiger partial charge in [-0.25, -0.2) is 0 Å². The van der Waals surface area contributed by atoms with Crippen LogP contribution in [0.3, 0.4) is 0 Å². The fraction of sp³-hybridized carbons (Fsp3) is 0.889. The standard InChI is InChI=1S/C36H57NO3/c1-24(38)40-29-14-15-33(6)27(32(29,4)5)13-16-35(8)28(33)12-11-25-26-23-31(2,3)17-19-36(26,20-18-34(25,35)7)30(39)37-21-9-10-22-37/h11,26-29H,9-10,12-23H2,1-8H3/t26?,27?,28?,29-,33-,34+,35+,36-/m0/s1. The highest BCUT2D eigenvalue weighted by Gasteiger charge is 2.69. The van der Waals surface area contributed by atoms with E-state index < -0.39 is 0 Å². The van der Waals surface area contributed by atoms with Crippen molar-refractivity contribution in [3.05, 3.63) is 11.6 Å². The summed E-state index contributed by atoms with van der Waals surface area (Å²) in [4.78, 5) is 28.6. The van der Waals surface area contributed by atoms with Crippen LogP contribution in [0.4, 0.5) is 0 Å². The maximum Gasteiger partial charge on any atom is 0.302 e. The molecule has 6 rings (SSSR count). The Hall–Kier alpha value is -1.32. The first kappa shape index (κ1) is 28.8. The third-order valence-electron chi connectivity index (χ3n) is 14.7. The zero-order valence-electron chi connectivity index (χ0n) is 27.0. The predicted molar refractivity (Wildman–Crippen MR) is 160 cm³/mol. The molecule has 0 radical (unpaired) electrons. The van der Waals surface area contributed by atoms with Crippen molar-refractivity contribution >= 4 is 11.9 Å². The molecule has 1 saturated heterocycles. The minimum atomic E-state index is -0.181. The van der Waals surface area contributed by atoms with Crippen LogP contribution in [0.25, 0.3) is 0 Å². The summed E-state index contributed by atoms with van der Waals surface area (Å²) in [5.41, 5.74) is 2.39. The highest BCUT2D eigenvalue weighted by molar-refractivity contribution is 5.84. The number of likely N-dealkylation sites (tertiary alicyclic amines) is 1. The van der Waals surface area contributed by atoms with Crippen molar-refractivity contribution in [1.82, 2.24) is 4.90 Å². The average Bonchev–Trinajstić information content (AvgIpc) is 3.40. The van der Waals surface area contributed by atoms with Gasteiger partial charge in [0.2, 0.25) is 5.91 Å². The second kappa shape index (κ2) is 9.09. The number of allylic oxidation sites excluding steroid dienone is 2. The number of carbonyl (C=O) groups excluding carboxylic acids is 2. The van der Waals surface area contributed by atoms with Crippen molar-refractivity contribution in [2.45, 2.75) is 139 Å². The summed E-state index contributed by atoms with van der Waals surface area (Å²) < 4.78 is 5.93. The lowest BCUT2D eigenvalue weighted by molar-refractivity contribution is -0.212. The lowest BCUT2D eigenvalue weighted by Crippen LogP contribution is -2.65. The van der Waals surface area contributed by atoms with Crippen LogP contribution < -0.4 is 0 Å². The van der Waals surface area contributed by atoms with E-state index in [1.54, 1.807) is 12.5 Å². The molecule has 1 aliphatic heterocycles. The van der Waals surface area contributed by atoms with Gasteiger partial charge in [-0.15, -0.1) is 0 Å². The second-order valence-electron chi connectivity index (χ2n) is 17.3. The summed E-state index contributed by atoms with van der Waals surface area (Å²) in [5.74, 6) is 1.94. The molecule has 0 bridgehead atoms. The summed E-state index contributed by atoms with van der Waals surface area (Å²) >= 11 is 0. The molecule has 1 amide bonds. The number of ether oxygens (including phenoxy) is 1. The molecule has 4 nitrogen and oxygen atoms in total. The van der Waals surface area contributed by atoms with Crippen molar-refractivity contribution in [3.63, 3.8) is 0 Å². The van der Waals surface area contributed by atoms with Crippen LogP contribution in [0.15, 0.2) is 11.6 Å². The van der Waals surface area contributed by atoms with Crippen molar-refractivity contribution in [1.29, 1.82) is 0 Å². The molecule has 5 aliphatic carbocycles. The van der Waals surface area contributed by atoms with Crippen LogP contribution in [0, 0.1) is 50.2 Å². The zero-order chi connectivity index (χ0) is 28.9. The van der Waals surface area contributed by atoms with Gasteiger partial charge >= 0.3 is 5.97 Å². The Bertz CT molecular complexity index is 1100. The molecule has 0 aromatic rings. The smallest absolute Gasteiger partial charge is 0.302 e. The molecule has 3 unspecified atom stereocenters. The highest BCUT2D eigenvalue weighted by Crippen LogP contribution is 2.76. The Morgan fingerprint density at radius 1 is 0.850 bits per heavy atom. The van der Waals surface area contributed by atoms with Gasteiger partial charge in [0.1, 0.15) is 6.10 Å². The first-order chi connectivity index (χ1) is 18.6. The van der Waals surface area contributed by atoms with Crippen LogP contribution in [0.1, 0.15) is 132 Å².